The molecule has 0 saturated heterocycles. The molecule has 1 aliphatic rings. The second kappa shape index (κ2) is 9.00. The Kier molecular flexibility index (Phi) is 6.41. The van der Waals surface area contributed by atoms with Crippen LogP contribution in [0.25, 0.3) is 6.08 Å². The van der Waals surface area contributed by atoms with Crippen molar-refractivity contribution in [2.75, 3.05) is 37.5 Å². The van der Waals surface area contributed by atoms with Crippen molar-refractivity contribution in [3.63, 3.8) is 0 Å². The summed E-state index contributed by atoms with van der Waals surface area (Å²) in [5.74, 6) is 0.297. The fourth-order valence-electron chi connectivity index (χ4n) is 3.30. The Morgan fingerprint density at radius 2 is 2.07 bits per heavy atom. The molecule has 30 heavy (non-hydrogen) atoms. The number of carbonyl (C=O) groups is 1. The van der Waals surface area contributed by atoms with Gasteiger partial charge in [-0.15, -0.1) is 0 Å². The van der Waals surface area contributed by atoms with E-state index in [2.05, 4.69) is 4.98 Å². The molecule has 0 radical (unpaired) electrons. The van der Waals surface area contributed by atoms with Crippen molar-refractivity contribution < 1.29 is 14.3 Å². The molecular formula is C21H26N4O5. The third-order valence-corrected chi connectivity index (χ3v) is 4.70. The number of aromatic nitrogens is 2. The number of nitrogen functional groups attached to an aromatic ring is 1. The highest BCUT2D eigenvalue weighted by atomic mass is 16.5. The first-order valence-corrected chi connectivity index (χ1v) is 9.69. The molecule has 3 N–H and O–H groups in total. The lowest BCUT2D eigenvalue weighted by molar-refractivity contribution is -0.115. The number of para-hydroxylation sites is 1. The number of fused-ring (bicyclic) bond motifs is 1. The molecular weight excluding hydrogens is 388 g/mol. The quantitative estimate of drug-likeness (QED) is 0.703. The second-order valence-corrected chi connectivity index (χ2v) is 7.44. The molecule has 0 aliphatic carbocycles. The number of nitrogens with zero attached hydrogens (tertiary/aromatic N) is 2. The summed E-state index contributed by atoms with van der Waals surface area (Å²) < 4.78 is 12.1. The Balaban J connectivity index is 2.07. The van der Waals surface area contributed by atoms with Gasteiger partial charge in [-0.05, 0) is 18.1 Å². The summed E-state index contributed by atoms with van der Waals surface area (Å²) in [6.45, 7) is 4.47. The second-order valence-electron chi connectivity index (χ2n) is 7.44. The van der Waals surface area contributed by atoms with Crippen molar-refractivity contribution in [1.82, 2.24) is 9.55 Å². The Morgan fingerprint density at radius 3 is 2.77 bits per heavy atom. The summed E-state index contributed by atoms with van der Waals surface area (Å²) in [6, 6.07) is 7.35. The fraction of sp³-hybridized carbons (Fsp3) is 0.381. The summed E-state index contributed by atoms with van der Waals surface area (Å²) in [6.07, 6.45) is 1.73. The van der Waals surface area contributed by atoms with Gasteiger partial charge in [-0.25, -0.2) is 4.79 Å². The lowest BCUT2D eigenvalue weighted by Crippen LogP contribution is -2.44. The van der Waals surface area contributed by atoms with Gasteiger partial charge in [-0.2, -0.15) is 0 Å². The number of hydrogen-bond acceptors (Lipinski definition) is 6. The number of amides is 1. The lowest BCUT2D eigenvalue weighted by atomic mass is 10.1. The van der Waals surface area contributed by atoms with Crippen molar-refractivity contribution in [3.05, 3.63) is 56.2 Å². The van der Waals surface area contributed by atoms with Crippen LogP contribution in [0.4, 0.5) is 11.5 Å². The molecule has 0 bridgehead atoms. The highest BCUT2D eigenvalue weighted by Crippen LogP contribution is 2.28. The van der Waals surface area contributed by atoms with Gasteiger partial charge < -0.3 is 15.2 Å². The van der Waals surface area contributed by atoms with Gasteiger partial charge in [0.05, 0.1) is 12.2 Å². The monoisotopic (exact) mass is 414 g/mol. The van der Waals surface area contributed by atoms with Crippen LogP contribution in [0.1, 0.15) is 19.4 Å². The smallest absolute Gasteiger partial charge is 0.330 e. The van der Waals surface area contributed by atoms with Crippen molar-refractivity contribution in [2.45, 2.75) is 20.4 Å². The molecule has 0 atom stereocenters. The van der Waals surface area contributed by atoms with Crippen LogP contribution >= 0.6 is 0 Å². The molecule has 1 aromatic heterocycles. The number of ether oxygens (including phenoxy) is 2. The summed E-state index contributed by atoms with van der Waals surface area (Å²) in [5, 5.41) is 0. The highest BCUT2D eigenvalue weighted by molar-refractivity contribution is 6.10. The number of carbonyl (C=O) groups excluding carboxylic acids is 1. The van der Waals surface area contributed by atoms with Gasteiger partial charge >= 0.3 is 5.69 Å². The maximum absolute atomic E-state index is 13.4. The third kappa shape index (κ3) is 4.30. The van der Waals surface area contributed by atoms with Crippen molar-refractivity contribution in [1.29, 1.82) is 0 Å². The molecule has 0 saturated carbocycles. The van der Waals surface area contributed by atoms with Gasteiger partial charge in [0.1, 0.15) is 18.2 Å². The van der Waals surface area contributed by atoms with Crippen molar-refractivity contribution in [2.24, 2.45) is 5.92 Å². The van der Waals surface area contributed by atoms with Crippen LogP contribution in [0, 0.1) is 5.92 Å². The minimum absolute atomic E-state index is 0.0559. The molecule has 9 heteroatoms. The molecule has 160 valence electrons. The Morgan fingerprint density at radius 1 is 1.33 bits per heavy atom. The topological polar surface area (TPSA) is 120 Å². The molecule has 2 aromatic rings. The van der Waals surface area contributed by atoms with Gasteiger partial charge in [-0.3, -0.25) is 24.0 Å². The number of aromatic amines is 1. The summed E-state index contributed by atoms with van der Waals surface area (Å²) in [4.78, 5) is 41.8. The summed E-state index contributed by atoms with van der Waals surface area (Å²) >= 11 is 0. The van der Waals surface area contributed by atoms with E-state index in [1.807, 2.05) is 38.1 Å². The Labute approximate surface area is 173 Å². The van der Waals surface area contributed by atoms with Crippen LogP contribution in [-0.2, 0) is 16.1 Å². The molecule has 0 unspecified atom stereocenters. The number of rotatable bonds is 7. The predicted molar refractivity (Wildman–Crippen MR) is 115 cm³/mol. The van der Waals surface area contributed by atoms with Crippen LogP contribution < -0.4 is 26.6 Å². The standard InChI is InChI=1S/C21H26N4O5/c1-13(2)11-25-18(22)17(19(26)23-21(25)28)24(8-9-29-3)20(27)15-10-14-6-4-5-7-16(14)30-12-15/h4-7,10,13H,8-9,11-12,22H2,1-3H3,(H,23,26,28). The van der Waals surface area contributed by atoms with Crippen LogP contribution in [0.5, 0.6) is 5.75 Å². The molecule has 1 aromatic carbocycles. The van der Waals surface area contributed by atoms with E-state index >= 15 is 0 Å². The minimum atomic E-state index is -0.723. The first kappa shape index (κ1) is 21.4. The first-order chi connectivity index (χ1) is 14.3. The molecule has 1 aliphatic heterocycles. The number of anilines is 2. The highest BCUT2D eigenvalue weighted by Gasteiger charge is 2.28. The number of methoxy groups -OCH3 is 1. The van der Waals surface area contributed by atoms with E-state index < -0.39 is 17.2 Å². The number of benzene rings is 1. The molecule has 0 spiro atoms. The van der Waals surface area contributed by atoms with Crippen LogP contribution in [0.3, 0.4) is 0 Å². The third-order valence-electron chi connectivity index (χ3n) is 4.70. The molecule has 1 amide bonds. The fourth-order valence-corrected chi connectivity index (χ4v) is 3.30. The van der Waals surface area contributed by atoms with E-state index in [9.17, 15) is 14.4 Å². The summed E-state index contributed by atoms with van der Waals surface area (Å²) in [7, 11) is 1.50. The number of H-pyrrole nitrogens is 1. The molecule has 2 heterocycles. The van der Waals surface area contributed by atoms with E-state index in [-0.39, 0.29) is 37.2 Å². The molecule has 3 rings (SSSR count). The zero-order chi connectivity index (χ0) is 21.8. The minimum Gasteiger partial charge on any atom is -0.488 e. The van der Waals surface area contributed by atoms with Crippen LogP contribution in [0.2, 0.25) is 0 Å². The van der Waals surface area contributed by atoms with Gasteiger partial charge in [0.15, 0.2) is 5.69 Å². The Hall–Kier alpha value is -3.33. The first-order valence-electron chi connectivity index (χ1n) is 9.69. The van der Waals surface area contributed by atoms with E-state index in [4.69, 9.17) is 15.2 Å². The number of hydrogen-bond donors (Lipinski definition) is 2. The zero-order valence-corrected chi connectivity index (χ0v) is 17.3. The number of nitrogens with one attached hydrogen (secondary N) is 1. The maximum Gasteiger partial charge on any atom is 0.330 e. The zero-order valence-electron chi connectivity index (χ0n) is 17.3. The van der Waals surface area contributed by atoms with Gasteiger partial charge in [0, 0.05) is 25.8 Å². The number of nitrogens with two attached hydrogens (primary N) is 1. The van der Waals surface area contributed by atoms with E-state index in [1.54, 1.807) is 6.08 Å². The van der Waals surface area contributed by atoms with Gasteiger partial charge in [-0.1, -0.05) is 32.0 Å². The predicted octanol–water partition coefficient (Wildman–Crippen LogP) is 1.23. The lowest BCUT2D eigenvalue weighted by Gasteiger charge is -2.27. The SMILES string of the molecule is COCCN(C(=O)C1=Cc2ccccc2OC1)c1c(N)n(CC(C)C)c(=O)[nH]c1=O. The van der Waals surface area contributed by atoms with Crippen molar-refractivity contribution >= 4 is 23.5 Å². The van der Waals surface area contributed by atoms with E-state index in [0.29, 0.717) is 17.9 Å². The average molecular weight is 414 g/mol. The molecule has 9 nitrogen and oxygen atoms in total. The summed E-state index contributed by atoms with van der Waals surface area (Å²) in [5.41, 5.74) is 5.94. The van der Waals surface area contributed by atoms with Gasteiger partial charge in [0.25, 0.3) is 11.5 Å². The van der Waals surface area contributed by atoms with Crippen LogP contribution in [-0.4, -0.2) is 42.3 Å². The average Bonchev–Trinajstić information content (AvgIpc) is 2.72. The van der Waals surface area contributed by atoms with Crippen molar-refractivity contribution in [3.8, 4) is 5.75 Å². The van der Waals surface area contributed by atoms with E-state index in [1.165, 1.54) is 16.6 Å². The van der Waals surface area contributed by atoms with Crippen LogP contribution in [0.15, 0.2) is 39.4 Å². The maximum atomic E-state index is 13.4. The largest absolute Gasteiger partial charge is 0.488 e. The molecule has 0 fully saturated rings. The Bertz CT molecular complexity index is 1080. The van der Waals surface area contributed by atoms with Gasteiger partial charge in [0.2, 0.25) is 0 Å². The van der Waals surface area contributed by atoms with E-state index in [0.717, 1.165) is 5.56 Å². The normalized spacial score (nSPS) is 12.9.